The molecule has 0 aliphatic carbocycles. The molecule has 4 N–H and O–H groups in total. The Hall–Kier alpha value is -2.08. The van der Waals surface area contributed by atoms with E-state index in [4.69, 9.17) is 5.11 Å². The lowest BCUT2D eigenvalue weighted by Gasteiger charge is -2.08. The number of carbonyl (C=O) groups excluding carboxylic acids is 1. The summed E-state index contributed by atoms with van der Waals surface area (Å²) in [7, 11) is 1.86. The van der Waals surface area contributed by atoms with E-state index in [-0.39, 0.29) is 12.5 Å². The van der Waals surface area contributed by atoms with Gasteiger partial charge in [0.25, 0.3) is 0 Å². The summed E-state index contributed by atoms with van der Waals surface area (Å²) in [6, 6.07) is 6.96. The first kappa shape index (κ1) is 16.0. The van der Waals surface area contributed by atoms with Gasteiger partial charge in [0.05, 0.1) is 0 Å². The van der Waals surface area contributed by atoms with E-state index in [0.717, 1.165) is 18.5 Å². The number of hydrogen-bond donors (Lipinski definition) is 4. The zero-order valence-corrected chi connectivity index (χ0v) is 11.6. The summed E-state index contributed by atoms with van der Waals surface area (Å²) in [5.74, 6) is -0.828. The Balaban J connectivity index is 2.40. The smallest absolute Gasteiger partial charge is 0.319 e. The molecule has 2 amide bonds. The summed E-state index contributed by atoms with van der Waals surface area (Å²) in [5, 5.41) is 17.1. The molecule has 0 radical (unpaired) electrons. The molecule has 0 atom stereocenters. The van der Waals surface area contributed by atoms with Crippen LogP contribution in [0.4, 0.5) is 10.5 Å². The van der Waals surface area contributed by atoms with Crippen LogP contribution in [0, 0.1) is 0 Å². The van der Waals surface area contributed by atoms with Crippen LogP contribution in [-0.2, 0) is 11.2 Å². The van der Waals surface area contributed by atoms with Gasteiger partial charge in [-0.1, -0.05) is 12.1 Å². The first-order valence-electron chi connectivity index (χ1n) is 6.62. The van der Waals surface area contributed by atoms with E-state index < -0.39 is 5.97 Å². The summed E-state index contributed by atoms with van der Waals surface area (Å²) < 4.78 is 0. The second kappa shape index (κ2) is 8.92. The van der Waals surface area contributed by atoms with Gasteiger partial charge in [0.15, 0.2) is 0 Å². The largest absolute Gasteiger partial charge is 0.481 e. The van der Waals surface area contributed by atoms with Crippen molar-refractivity contribution in [2.45, 2.75) is 19.3 Å². The number of urea groups is 1. The molecule has 0 saturated heterocycles. The molecule has 1 rings (SSSR count). The number of rotatable bonds is 8. The Morgan fingerprint density at radius 2 is 2.05 bits per heavy atom. The number of aryl methyl sites for hydroxylation is 1. The molecule has 0 bridgehead atoms. The standard InChI is InChI=1S/C14H21N3O3/c1-15-8-3-9-16-14(20)17-12-5-2-4-11(10-12)6-7-13(18)19/h2,4-5,10,15H,3,6-9H2,1H3,(H,18,19)(H2,16,17,20). The van der Waals surface area contributed by atoms with Gasteiger partial charge in [-0.3, -0.25) is 4.79 Å². The van der Waals surface area contributed by atoms with Crippen molar-refractivity contribution in [3.8, 4) is 0 Å². The Kier molecular flexibility index (Phi) is 7.13. The highest BCUT2D eigenvalue weighted by Gasteiger charge is 2.03. The van der Waals surface area contributed by atoms with E-state index in [2.05, 4.69) is 16.0 Å². The zero-order valence-electron chi connectivity index (χ0n) is 11.6. The molecule has 0 aliphatic rings. The van der Waals surface area contributed by atoms with Crippen molar-refractivity contribution in [2.75, 3.05) is 25.5 Å². The number of nitrogens with one attached hydrogen (secondary N) is 3. The van der Waals surface area contributed by atoms with Gasteiger partial charge in [-0.25, -0.2) is 4.79 Å². The van der Waals surface area contributed by atoms with Crippen LogP contribution in [-0.4, -0.2) is 37.2 Å². The fourth-order valence-corrected chi connectivity index (χ4v) is 1.70. The molecule has 0 spiro atoms. The maximum Gasteiger partial charge on any atom is 0.319 e. The van der Waals surface area contributed by atoms with Gasteiger partial charge in [0.1, 0.15) is 0 Å². The molecule has 1 aromatic carbocycles. The van der Waals surface area contributed by atoms with Crippen LogP contribution >= 0.6 is 0 Å². The molecular weight excluding hydrogens is 258 g/mol. The molecule has 1 aromatic rings. The first-order chi connectivity index (χ1) is 9.61. The number of hydrogen-bond acceptors (Lipinski definition) is 3. The summed E-state index contributed by atoms with van der Waals surface area (Å²) in [6.45, 7) is 1.45. The van der Waals surface area contributed by atoms with Crippen LogP contribution in [0.5, 0.6) is 0 Å². The second-order valence-electron chi connectivity index (χ2n) is 4.43. The van der Waals surface area contributed by atoms with E-state index in [1.807, 2.05) is 13.1 Å². The molecule has 6 heteroatoms. The summed E-state index contributed by atoms with van der Waals surface area (Å²) >= 11 is 0. The van der Waals surface area contributed by atoms with E-state index in [9.17, 15) is 9.59 Å². The number of carbonyl (C=O) groups is 2. The minimum Gasteiger partial charge on any atom is -0.481 e. The van der Waals surface area contributed by atoms with Crippen LogP contribution in [0.2, 0.25) is 0 Å². The normalized spacial score (nSPS) is 10.1. The third-order valence-electron chi connectivity index (χ3n) is 2.70. The van der Waals surface area contributed by atoms with Gasteiger partial charge in [0, 0.05) is 18.7 Å². The number of benzene rings is 1. The Morgan fingerprint density at radius 3 is 2.75 bits per heavy atom. The van der Waals surface area contributed by atoms with Crippen molar-refractivity contribution in [1.82, 2.24) is 10.6 Å². The molecular formula is C14H21N3O3. The SMILES string of the molecule is CNCCCNC(=O)Nc1cccc(CCC(=O)O)c1. The fourth-order valence-electron chi connectivity index (χ4n) is 1.70. The maximum absolute atomic E-state index is 11.6. The van der Waals surface area contributed by atoms with E-state index in [0.29, 0.717) is 18.7 Å². The van der Waals surface area contributed by atoms with Gasteiger partial charge >= 0.3 is 12.0 Å². The monoisotopic (exact) mass is 279 g/mol. The Bertz CT molecular complexity index is 449. The van der Waals surface area contributed by atoms with Crippen molar-refractivity contribution in [2.24, 2.45) is 0 Å². The van der Waals surface area contributed by atoms with Crippen molar-refractivity contribution >= 4 is 17.7 Å². The van der Waals surface area contributed by atoms with Crippen LogP contribution in [0.15, 0.2) is 24.3 Å². The molecule has 0 fully saturated rings. The minimum absolute atomic E-state index is 0.0830. The predicted octanol–water partition coefficient (Wildman–Crippen LogP) is 1.43. The highest BCUT2D eigenvalue weighted by atomic mass is 16.4. The topological polar surface area (TPSA) is 90.5 Å². The minimum atomic E-state index is -0.828. The number of aliphatic carboxylic acids is 1. The zero-order chi connectivity index (χ0) is 14.8. The van der Waals surface area contributed by atoms with Gasteiger partial charge in [-0.15, -0.1) is 0 Å². The molecule has 0 aliphatic heterocycles. The fraction of sp³-hybridized carbons (Fsp3) is 0.429. The van der Waals surface area contributed by atoms with Crippen LogP contribution in [0.25, 0.3) is 0 Å². The van der Waals surface area contributed by atoms with Crippen LogP contribution in [0.1, 0.15) is 18.4 Å². The van der Waals surface area contributed by atoms with Gasteiger partial charge in [-0.05, 0) is 44.1 Å². The van der Waals surface area contributed by atoms with E-state index in [1.165, 1.54) is 0 Å². The van der Waals surface area contributed by atoms with Gasteiger partial charge in [-0.2, -0.15) is 0 Å². The van der Waals surface area contributed by atoms with Crippen molar-refractivity contribution < 1.29 is 14.7 Å². The number of amides is 2. The quantitative estimate of drug-likeness (QED) is 0.542. The van der Waals surface area contributed by atoms with E-state index >= 15 is 0 Å². The number of carboxylic acid groups (broad SMARTS) is 1. The maximum atomic E-state index is 11.6. The highest BCUT2D eigenvalue weighted by Crippen LogP contribution is 2.12. The Labute approximate surface area is 118 Å². The van der Waals surface area contributed by atoms with Crippen molar-refractivity contribution in [3.05, 3.63) is 29.8 Å². The molecule has 20 heavy (non-hydrogen) atoms. The lowest BCUT2D eigenvalue weighted by Crippen LogP contribution is -2.30. The van der Waals surface area contributed by atoms with Crippen molar-refractivity contribution in [3.63, 3.8) is 0 Å². The summed E-state index contributed by atoms with van der Waals surface area (Å²) in [6.07, 6.45) is 1.40. The molecule has 0 unspecified atom stereocenters. The van der Waals surface area contributed by atoms with Crippen molar-refractivity contribution in [1.29, 1.82) is 0 Å². The van der Waals surface area contributed by atoms with Gasteiger partial charge < -0.3 is 21.1 Å². The molecule has 0 heterocycles. The number of carboxylic acids is 1. The molecule has 110 valence electrons. The molecule has 0 aromatic heterocycles. The summed E-state index contributed by atoms with van der Waals surface area (Å²) in [5.41, 5.74) is 1.55. The average Bonchev–Trinajstić information content (AvgIpc) is 2.42. The lowest BCUT2D eigenvalue weighted by molar-refractivity contribution is -0.136. The third-order valence-corrected chi connectivity index (χ3v) is 2.70. The van der Waals surface area contributed by atoms with Gasteiger partial charge in [0.2, 0.25) is 0 Å². The molecule has 6 nitrogen and oxygen atoms in total. The highest BCUT2D eigenvalue weighted by molar-refractivity contribution is 5.89. The number of anilines is 1. The van der Waals surface area contributed by atoms with Crippen LogP contribution in [0.3, 0.4) is 0 Å². The average molecular weight is 279 g/mol. The third kappa shape index (κ3) is 6.75. The Morgan fingerprint density at radius 1 is 1.25 bits per heavy atom. The molecule has 0 saturated carbocycles. The van der Waals surface area contributed by atoms with E-state index in [1.54, 1.807) is 18.2 Å². The predicted molar refractivity (Wildman–Crippen MR) is 78.0 cm³/mol. The second-order valence-corrected chi connectivity index (χ2v) is 4.43. The van der Waals surface area contributed by atoms with Crippen LogP contribution < -0.4 is 16.0 Å². The first-order valence-corrected chi connectivity index (χ1v) is 6.62. The lowest BCUT2D eigenvalue weighted by atomic mass is 10.1. The summed E-state index contributed by atoms with van der Waals surface area (Å²) in [4.78, 5) is 22.1.